The van der Waals surface area contributed by atoms with Crippen LogP contribution in [0.25, 0.3) is 0 Å². The molecule has 0 aromatic heterocycles. The number of halogens is 1. The first-order valence-electron chi connectivity index (χ1n) is 5.40. The first-order valence-corrected chi connectivity index (χ1v) is 5.40. The smallest absolute Gasteiger partial charge is 0.224 e. The minimum absolute atomic E-state index is 0.0539. The highest BCUT2D eigenvalue weighted by Gasteiger charge is 2.23. The molecule has 1 unspecified atom stereocenters. The Balaban J connectivity index is 2.21. The third kappa shape index (κ3) is 2.22. The van der Waals surface area contributed by atoms with E-state index in [1.165, 1.54) is 6.07 Å². The summed E-state index contributed by atoms with van der Waals surface area (Å²) < 4.78 is 13.6. The molecule has 0 radical (unpaired) electrons. The first-order chi connectivity index (χ1) is 7.68. The highest BCUT2D eigenvalue weighted by atomic mass is 19.1. The highest BCUT2D eigenvalue weighted by Crippen LogP contribution is 2.21. The number of hydrogen-bond acceptors (Lipinski definition) is 2. The number of rotatable bonds is 1. The third-order valence-corrected chi connectivity index (χ3v) is 2.92. The van der Waals surface area contributed by atoms with Gasteiger partial charge in [-0.05, 0) is 6.07 Å². The quantitative estimate of drug-likeness (QED) is 0.777. The molecular formula is C12H15FN2O. The number of hydrogen-bond donors (Lipinski definition) is 1. The molecule has 3 nitrogen and oxygen atoms in total. The summed E-state index contributed by atoms with van der Waals surface area (Å²) in [6, 6.07) is 6.39. The number of nitrogens with zero attached hydrogens (tertiary/aromatic N) is 1. The fraction of sp³-hybridized carbons (Fsp3) is 0.417. The largest absolute Gasteiger partial charge is 0.344 e. The number of nitrogens with one attached hydrogen (secondary N) is 1. The summed E-state index contributed by atoms with van der Waals surface area (Å²) in [7, 11) is 1.77. The normalized spacial score (nSPS) is 22.0. The SMILES string of the molecule is CN1CCNC(c2ccccc2F)CC1=O. The van der Waals surface area contributed by atoms with Gasteiger partial charge in [-0.15, -0.1) is 0 Å². The zero-order valence-electron chi connectivity index (χ0n) is 9.24. The van der Waals surface area contributed by atoms with Gasteiger partial charge in [0.1, 0.15) is 5.82 Å². The summed E-state index contributed by atoms with van der Waals surface area (Å²) in [5.74, 6) is -0.199. The Morgan fingerprint density at radius 3 is 2.94 bits per heavy atom. The molecule has 1 fully saturated rings. The predicted molar refractivity (Wildman–Crippen MR) is 59.4 cm³/mol. The van der Waals surface area contributed by atoms with Crippen molar-refractivity contribution in [3.8, 4) is 0 Å². The fourth-order valence-corrected chi connectivity index (χ4v) is 1.91. The molecule has 0 aliphatic carbocycles. The van der Waals surface area contributed by atoms with Crippen molar-refractivity contribution in [2.45, 2.75) is 12.5 Å². The maximum Gasteiger partial charge on any atom is 0.224 e. The molecule has 0 saturated carbocycles. The predicted octanol–water partition coefficient (Wildman–Crippen LogP) is 1.32. The second-order valence-electron chi connectivity index (χ2n) is 4.05. The summed E-state index contributed by atoms with van der Waals surface area (Å²) in [6.45, 7) is 1.37. The fourth-order valence-electron chi connectivity index (χ4n) is 1.91. The van der Waals surface area contributed by atoms with Crippen LogP contribution in [0.1, 0.15) is 18.0 Å². The Labute approximate surface area is 94.3 Å². The lowest BCUT2D eigenvalue weighted by Crippen LogP contribution is -2.27. The molecule has 1 aliphatic rings. The average Bonchev–Trinajstić information content (AvgIpc) is 2.43. The van der Waals surface area contributed by atoms with E-state index >= 15 is 0 Å². The summed E-state index contributed by atoms with van der Waals surface area (Å²) in [5, 5.41) is 3.20. The van der Waals surface area contributed by atoms with Crippen LogP contribution in [0.2, 0.25) is 0 Å². The van der Waals surface area contributed by atoms with Crippen molar-refractivity contribution in [3.05, 3.63) is 35.6 Å². The molecule has 1 saturated heterocycles. The Hall–Kier alpha value is -1.42. The number of amides is 1. The zero-order chi connectivity index (χ0) is 11.5. The Bertz CT molecular complexity index is 394. The van der Waals surface area contributed by atoms with Crippen molar-refractivity contribution in [2.24, 2.45) is 0 Å². The van der Waals surface area contributed by atoms with Crippen LogP contribution in [-0.4, -0.2) is 30.9 Å². The summed E-state index contributed by atoms with van der Waals surface area (Å²) in [5.41, 5.74) is 0.575. The molecule has 1 aromatic rings. The maximum absolute atomic E-state index is 13.6. The van der Waals surface area contributed by atoms with Crippen molar-refractivity contribution in [1.82, 2.24) is 10.2 Å². The van der Waals surface area contributed by atoms with Crippen LogP contribution in [0.4, 0.5) is 4.39 Å². The van der Waals surface area contributed by atoms with Gasteiger partial charge in [-0.1, -0.05) is 18.2 Å². The molecular weight excluding hydrogens is 207 g/mol. The van der Waals surface area contributed by atoms with E-state index in [0.29, 0.717) is 25.1 Å². The van der Waals surface area contributed by atoms with Gasteiger partial charge in [0.2, 0.25) is 5.91 Å². The summed E-state index contributed by atoms with van der Waals surface area (Å²) in [6.07, 6.45) is 0.317. The molecule has 1 amide bonds. The second kappa shape index (κ2) is 4.61. The van der Waals surface area contributed by atoms with Crippen LogP contribution >= 0.6 is 0 Å². The van der Waals surface area contributed by atoms with Crippen molar-refractivity contribution >= 4 is 5.91 Å². The van der Waals surface area contributed by atoms with Gasteiger partial charge in [-0.2, -0.15) is 0 Å². The topological polar surface area (TPSA) is 32.3 Å². The lowest BCUT2D eigenvalue weighted by molar-refractivity contribution is -0.129. The lowest BCUT2D eigenvalue weighted by Gasteiger charge is -2.16. The van der Waals surface area contributed by atoms with E-state index in [1.54, 1.807) is 30.1 Å². The van der Waals surface area contributed by atoms with Crippen molar-refractivity contribution in [3.63, 3.8) is 0 Å². The second-order valence-corrected chi connectivity index (χ2v) is 4.05. The van der Waals surface area contributed by atoms with Crippen LogP contribution in [0.3, 0.4) is 0 Å². The van der Waals surface area contributed by atoms with Crippen LogP contribution in [0.15, 0.2) is 24.3 Å². The van der Waals surface area contributed by atoms with Crippen LogP contribution in [-0.2, 0) is 4.79 Å². The van der Waals surface area contributed by atoms with Gasteiger partial charge in [0.25, 0.3) is 0 Å². The molecule has 1 N–H and O–H groups in total. The van der Waals surface area contributed by atoms with E-state index in [0.717, 1.165) is 0 Å². The molecule has 1 heterocycles. The van der Waals surface area contributed by atoms with Crippen LogP contribution in [0, 0.1) is 5.82 Å². The van der Waals surface area contributed by atoms with Gasteiger partial charge >= 0.3 is 0 Å². The molecule has 1 aromatic carbocycles. The minimum atomic E-state index is -0.252. The molecule has 86 valence electrons. The maximum atomic E-state index is 13.6. The minimum Gasteiger partial charge on any atom is -0.344 e. The number of likely N-dealkylation sites (N-methyl/N-ethyl adjacent to an activating group) is 1. The standard InChI is InChI=1S/C12H15FN2O/c1-15-7-6-14-11(8-12(15)16)9-4-2-3-5-10(9)13/h2-5,11,14H,6-8H2,1H3. The van der Waals surface area contributed by atoms with Gasteiger partial charge in [-0.3, -0.25) is 4.79 Å². The first kappa shape index (κ1) is 11.1. The zero-order valence-corrected chi connectivity index (χ0v) is 9.24. The Morgan fingerprint density at radius 1 is 1.44 bits per heavy atom. The number of carbonyl (C=O) groups is 1. The molecule has 0 bridgehead atoms. The molecule has 4 heteroatoms. The lowest BCUT2D eigenvalue weighted by atomic mass is 10.0. The number of carbonyl (C=O) groups excluding carboxylic acids is 1. The van der Waals surface area contributed by atoms with Gasteiger partial charge in [0.15, 0.2) is 0 Å². The molecule has 1 aliphatic heterocycles. The average molecular weight is 222 g/mol. The molecule has 1 atom stereocenters. The number of benzene rings is 1. The van der Waals surface area contributed by atoms with E-state index in [-0.39, 0.29) is 17.8 Å². The molecule has 16 heavy (non-hydrogen) atoms. The van der Waals surface area contributed by atoms with E-state index in [1.807, 2.05) is 0 Å². The van der Waals surface area contributed by atoms with E-state index in [4.69, 9.17) is 0 Å². The monoisotopic (exact) mass is 222 g/mol. The van der Waals surface area contributed by atoms with Gasteiger partial charge in [-0.25, -0.2) is 4.39 Å². The Morgan fingerprint density at radius 2 is 2.19 bits per heavy atom. The summed E-state index contributed by atoms with van der Waals surface area (Å²) >= 11 is 0. The van der Waals surface area contributed by atoms with Gasteiger partial charge < -0.3 is 10.2 Å². The summed E-state index contributed by atoms with van der Waals surface area (Å²) in [4.78, 5) is 13.3. The molecule has 2 rings (SSSR count). The van der Waals surface area contributed by atoms with Crippen molar-refractivity contribution in [2.75, 3.05) is 20.1 Å². The van der Waals surface area contributed by atoms with E-state index < -0.39 is 0 Å². The van der Waals surface area contributed by atoms with E-state index in [9.17, 15) is 9.18 Å². The van der Waals surface area contributed by atoms with E-state index in [2.05, 4.69) is 5.32 Å². The highest BCUT2D eigenvalue weighted by molar-refractivity contribution is 5.77. The van der Waals surface area contributed by atoms with Crippen LogP contribution in [0.5, 0.6) is 0 Å². The van der Waals surface area contributed by atoms with Gasteiger partial charge in [0.05, 0.1) is 0 Å². The third-order valence-electron chi connectivity index (χ3n) is 2.92. The van der Waals surface area contributed by atoms with Gasteiger partial charge in [0, 0.05) is 38.2 Å². The Kier molecular flexibility index (Phi) is 3.19. The van der Waals surface area contributed by atoms with Crippen LogP contribution < -0.4 is 5.32 Å². The van der Waals surface area contributed by atoms with Crippen molar-refractivity contribution in [1.29, 1.82) is 0 Å². The molecule has 0 spiro atoms. The van der Waals surface area contributed by atoms with Crippen molar-refractivity contribution < 1.29 is 9.18 Å².